The van der Waals surface area contributed by atoms with Crippen molar-refractivity contribution in [1.82, 2.24) is 0 Å². The van der Waals surface area contributed by atoms with E-state index in [-0.39, 0.29) is 0 Å². The molecule has 2 aromatic rings. The van der Waals surface area contributed by atoms with Gasteiger partial charge in [-0.2, -0.15) is 0 Å². The highest BCUT2D eigenvalue weighted by Gasteiger charge is 2.01. The first kappa shape index (κ1) is 15.1. The molecule has 0 spiro atoms. The fourth-order valence-electron chi connectivity index (χ4n) is 1.68. The van der Waals surface area contributed by atoms with Crippen molar-refractivity contribution in [3.05, 3.63) is 57.0 Å². The van der Waals surface area contributed by atoms with Crippen LogP contribution in [0.3, 0.4) is 0 Å². The second-order valence-electron chi connectivity index (χ2n) is 4.31. The van der Waals surface area contributed by atoms with Crippen LogP contribution in [0.1, 0.15) is 18.1 Å². The average Bonchev–Trinajstić information content (AvgIpc) is 2.43. The van der Waals surface area contributed by atoms with Gasteiger partial charge in [-0.3, -0.25) is 4.99 Å². The van der Waals surface area contributed by atoms with Crippen LogP contribution in [0.15, 0.2) is 45.9 Å². The molecule has 0 saturated heterocycles. The largest absolute Gasteiger partial charge is 0.493 e. The summed E-state index contributed by atoms with van der Waals surface area (Å²) in [5, 5.41) is 0.729. The maximum Gasteiger partial charge on any atom is 0.133 e. The summed E-state index contributed by atoms with van der Waals surface area (Å²) in [4.78, 5) is 4.42. The summed E-state index contributed by atoms with van der Waals surface area (Å²) in [7, 11) is 0. The molecule has 0 aliphatic rings. The van der Waals surface area contributed by atoms with Crippen molar-refractivity contribution >= 4 is 39.4 Å². The lowest BCUT2D eigenvalue weighted by Crippen LogP contribution is -1.93. The standard InChI is InChI=1S/C16H15BrClNO/c1-3-20-16-7-5-12(8-14(16)17)10-19-13-6-4-11(2)15(18)9-13/h4-10H,3H2,1-2H3. The molecule has 0 aliphatic carbocycles. The van der Waals surface area contributed by atoms with E-state index < -0.39 is 0 Å². The van der Waals surface area contributed by atoms with Crippen molar-refractivity contribution < 1.29 is 4.74 Å². The SMILES string of the molecule is CCOc1ccc(C=Nc2ccc(C)c(Cl)c2)cc1Br. The second-order valence-corrected chi connectivity index (χ2v) is 5.58. The molecule has 2 rings (SSSR count). The number of hydrogen-bond acceptors (Lipinski definition) is 2. The Bertz CT molecular complexity index is 640. The molecule has 104 valence electrons. The quantitative estimate of drug-likeness (QED) is 0.660. The van der Waals surface area contributed by atoms with Crippen LogP contribution in [0.4, 0.5) is 5.69 Å². The smallest absolute Gasteiger partial charge is 0.133 e. The molecular formula is C16H15BrClNO. The number of halogens is 2. The number of ether oxygens (including phenoxy) is 1. The van der Waals surface area contributed by atoms with Crippen LogP contribution in [0, 0.1) is 6.92 Å². The van der Waals surface area contributed by atoms with E-state index in [1.807, 2.05) is 56.5 Å². The summed E-state index contributed by atoms with van der Waals surface area (Å²) in [5.41, 5.74) is 2.89. The molecule has 0 atom stereocenters. The minimum absolute atomic E-state index is 0.647. The van der Waals surface area contributed by atoms with Gasteiger partial charge in [-0.05, 0) is 71.2 Å². The third-order valence-corrected chi connectivity index (χ3v) is 3.80. The number of rotatable bonds is 4. The van der Waals surface area contributed by atoms with Crippen LogP contribution in [-0.2, 0) is 0 Å². The van der Waals surface area contributed by atoms with Crippen molar-refractivity contribution in [2.24, 2.45) is 4.99 Å². The second kappa shape index (κ2) is 6.91. The molecule has 0 radical (unpaired) electrons. The zero-order valence-corrected chi connectivity index (χ0v) is 13.7. The number of benzene rings is 2. The van der Waals surface area contributed by atoms with Crippen LogP contribution in [-0.4, -0.2) is 12.8 Å². The monoisotopic (exact) mass is 351 g/mol. The zero-order valence-electron chi connectivity index (χ0n) is 11.4. The van der Waals surface area contributed by atoms with E-state index in [4.69, 9.17) is 16.3 Å². The predicted molar refractivity (Wildman–Crippen MR) is 88.8 cm³/mol. The average molecular weight is 353 g/mol. The van der Waals surface area contributed by atoms with Gasteiger partial charge in [0.2, 0.25) is 0 Å². The van der Waals surface area contributed by atoms with Crippen molar-refractivity contribution in [2.45, 2.75) is 13.8 Å². The molecule has 0 aromatic heterocycles. The summed E-state index contributed by atoms with van der Waals surface area (Å²) < 4.78 is 6.40. The Balaban J connectivity index is 2.18. The first-order valence-corrected chi connectivity index (χ1v) is 7.50. The van der Waals surface area contributed by atoms with E-state index in [2.05, 4.69) is 20.9 Å². The van der Waals surface area contributed by atoms with E-state index >= 15 is 0 Å². The van der Waals surface area contributed by atoms with E-state index in [0.717, 1.165) is 32.1 Å². The van der Waals surface area contributed by atoms with Gasteiger partial charge in [0.25, 0.3) is 0 Å². The van der Waals surface area contributed by atoms with Gasteiger partial charge in [-0.1, -0.05) is 17.7 Å². The number of aliphatic imine (C=N–C) groups is 1. The Hall–Kier alpha value is -1.32. The highest BCUT2D eigenvalue weighted by Crippen LogP contribution is 2.26. The van der Waals surface area contributed by atoms with Crippen molar-refractivity contribution in [1.29, 1.82) is 0 Å². The summed E-state index contributed by atoms with van der Waals surface area (Å²) in [6.45, 7) is 4.58. The third-order valence-electron chi connectivity index (χ3n) is 2.77. The molecule has 2 aromatic carbocycles. The van der Waals surface area contributed by atoms with Crippen LogP contribution < -0.4 is 4.74 Å². The molecule has 0 heterocycles. The topological polar surface area (TPSA) is 21.6 Å². The fraction of sp³-hybridized carbons (Fsp3) is 0.188. The fourth-order valence-corrected chi connectivity index (χ4v) is 2.37. The molecule has 0 unspecified atom stereocenters. The van der Waals surface area contributed by atoms with Gasteiger partial charge < -0.3 is 4.74 Å². The highest BCUT2D eigenvalue weighted by molar-refractivity contribution is 9.10. The van der Waals surface area contributed by atoms with Crippen LogP contribution >= 0.6 is 27.5 Å². The minimum atomic E-state index is 0.647. The molecule has 2 nitrogen and oxygen atoms in total. The van der Waals surface area contributed by atoms with Gasteiger partial charge in [0.15, 0.2) is 0 Å². The Morgan fingerprint density at radius 2 is 2.05 bits per heavy atom. The normalized spacial score (nSPS) is 11.0. The summed E-state index contributed by atoms with van der Waals surface area (Å²) in [5.74, 6) is 0.836. The lowest BCUT2D eigenvalue weighted by molar-refractivity contribution is 0.338. The van der Waals surface area contributed by atoms with Crippen LogP contribution in [0.5, 0.6) is 5.75 Å². The lowest BCUT2D eigenvalue weighted by atomic mass is 10.2. The van der Waals surface area contributed by atoms with E-state index in [1.165, 1.54) is 0 Å². The molecule has 0 bridgehead atoms. The maximum absolute atomic E-state index is 6.08. The van der Waals surface area contributed by atoms with Gasteiger partial charge in [-0.25, -0.2) is 0 Å². The molecule has 0 fully saturated rings. The highest BCUT2D eigenvalue weighted by atomic mass is 79.9. The van der Waals surface area contributed by atoms with E-state index in [9.17, 15) is 0 Å². The van der Waals surface area contributed by atoms with Gasteiger partial charge in [0.05, 0.1) is 16.8 Å². The van der Waals surface area contributed by atoms with Crippen LogP contribution in [0.2, 0.25) is 5.02 Å². The van der Waals surface area contributed by atoms with E-state index in [1.54, 1.807) is 0 Å². The number of hydrogen-bond donors (Lipinski definition) is 0. The molecule has 0 aliphatic heterocycles. The minimum Gasteiger partial charge on any atom is -0.493 e. The Kier molecular flexibility index (Phi) is 5.21. The van der Waals surface area contributed by atoms with Gasteiger partial charge in [0.1, 0.15) is 5.75 Å². The summed E-state index contributed by atoms with van der Waals surface area (Å²) >= 11 is 9.57. The first-order chi connectivity index (χ1) is 9.60. The predicted octanol–water partition coefficient (Wildman–Crippen LogP) is 5.56. The zero-order chi connectivity index (χ0) is 14.5. The number of aryl methyl sites for hydroxylation is 1. The maximum atomic E-state index is 6.08. The van der Waals surface area contributed by atoms with E-state index in [0.29, 0.717) is 6.61 Å². The van der Waals surface area contributed by atoms with Crippen molar-refractivity contribution in [2.75, 3.05) is 6.61 Å². The summed E-state index contributed by atoms with van der Waals surface area (Å²) in [6, 6.07) is 11.6. The molecule has 0 saturated carbocycles. The lowest BCUT2D eigenvalue weighted by Gasteiger charge is -2.05. The Labute approximate surface area is 132 Å². The van der Waals surface area contributed by atoms with Crippen molar-refractivity contribution in [3.8, 4) is 5.75 Å². The Morgan fingerprint density at radius 3 is 2.70 bits per heavy atom. The van der Waals surface area contributed by atoms with Gasteiger partial charge in [-0.15, -0.1) is 0 Å². The Morgan fingerprint density at radius 1 is 1.25 bits per heavy atom. The summed E-state index contributed by atoms with van der Waals surface area (Å²) in [6.07, 6.45) is 1.81. The molecule has 20 heavy (non-hydrogen) atoms. The number of nitrogens with zero attached hydrogens (tertiary/aromatic N) is 1. The van der Waals surface area contributed by atoms with Gasteiger partial charge >= 0.3 is 0 Å². The van der Waals surface area contributed by atoms with Gasteiger partial charge in [0, 0.05) is 11.2 Å². The third kappa shape index (κ3) is 3.84. The molecular weight excluding hydrogens is 338 g/mol. The molecule has 0 N–H and O–H groups in total. The first-order valence-electron chi connectivity index (χ1n) is 6.32. The van der Waals surface area contributed by atoms with Crippen molar-refractivity contribution in [3.63, 3.8) is 0 Å². The molecule has 0 amide bonds. The van der Waals surface area contributed by atoms with Crippen LogP contribution in [0.25, 0.3) is 0 Å². The molecule has 4 heteroatoms.